The number of aliphatic hydroxyl groups excluding tert-OH is 1. The number of likely N-dealkylation sites (tertiary alicyclic amines) is 1. The molecule has 3 nitrogen and oxygen atoms in total. The Labute approximate surface area is 115 Å². The summed E-state index contributed by atoms with van der Waals surface area (Å²) in [6.07, 6.45) is 3.97. The molecule has 1 aromatic rings. The van der Waals surface area contributed by atoms with Crippen molar-refractivity contribution in [3.8, 4) is 6.07 Å². The van der Waals surface area contributed by atoms with E-state index in [1.807, 2.05) is 31.2 Å². The maximum Gasteiger partial charge on any atom is 0.0995 e. The summed E-state index contributed by atoms with van der Waals surface area (Å²) in [5, 5.41) is 19.3. The van der Waals surface area contributed by atoms with Crippen LogP contribution in [0.15, 0.2) is 24.3 Å². The Kier molecular flexibility index (Phi) is 4.95. The van der Waals surface area contributed by atoms with Gasteiger partial charge < -0.3 is 5.11 Å². The van der Waals surface area contributed by atoms with Crippen LogP contribution in [0.2, 0.25) is 0 Å². The molecule has 1 aliphatic rings. The molecule has 2 rings (SSSR count). The number of hydrogen-bond donors (Lipinski definition) is 1. The van der Waals surface area contributed by atoms with Gasteiger partial charge in [-0.1, -0.05) is 31.5 Å². The second-order valence-corrected chi connectivity index (χ2v) is 5.28. The Morgan fingerprint density at radius 1 is 1.42 bits per heavy atom. The molecule has 2 atom stereocenters. The fourth-order valence-electron chi connectivity index (χ4n) is 2.91. The Bertz CT molecular complexity index is 452. The quantitative estimate of drug-likeness (QED) is 0.903. The molecule has 1 aromatic carbocycles. The molecule has 0 aliphatic carbocycles. The first-order valence-electron chi connectivity index (χ1n) is 7.16. The molecule has 3 heteroatoms. The van der Waals surface area contributed by atoms with E-state index in [0.29, 0.717) is 0 Å². The van der Waals surface area contributed by atoms with Crippen molar-refractivity contribution in [2.75, 3.05) is 6.54 Å². The van der Waals surface area contributed by atoms with E-state index >= 15 is 0 Å². The summed E-state index contributed by atoms with van der Waals surface area (Å²) in [6, 6.07) is 10.3. The molecular formula is C16H22N2O. The van der Waals surface area contributed by atoms with E-state index in [-0.39, 0.29) is 12.1 Å². The van der Waals surface area contributed by atoms with E-state index in [4.69, 9.17) is 5.26 Å². The summed E-state index contributed by atoms with van der Waals surface area (Å²) in [5.41, 5.74) is 1.82. The highest BCUT2D eigenvalue weighted by Gasteiger charge is 2.27. The molecule has 102 valence electrons. The van der Waals surface area contributed by atoms with Crippen molar-refractivity contribution in [3.63, 3.8) is 0 Å². The van der Waals surface area contributed by atoms with E-state index in [1.165, 1.54) is 12.8 Å². The highest BCUT2D eigenvalue weighted by Crippen LogP contribution is 2.24. The van der Waals surface area contributed by atoms with Gasteiger partial charge in [-0.25, -0.2) is 0 Å². The third-order valence-corrected chi connectivity index (χ3v) is 4.04. The zero-order chi connectivity index (χ0) is 13.7. The summed E-state index contributed by atoms with van der Waals surface area (Å²) in [6.45, 7) is 3.81. The van der Waals surface area contributed by atoms with Crippen molar-refractivity contribution in [2.45, 2.75) is 51.3 Å². The molecule has 1 saturated heterocycles. The van der Waals surface area contributed by atoms with Crippen molar-refractivity contribution < 1.29 is 5.11 Å². The molecule has 1 fully saturated rings. The molecular weight excluding hydrogens is 236 g/mol. The predicted molar refractivity (Wildman–Crippen MR) is 75.5 cm³/mol. The van der Waals surface area contributed by atoms with Gasteiger partial charge in [-0.2, -0.15) is 5.26 Å². The lowest BCUT2D eigenvalue weighted by Gasteiger charge is -2.38. The van der Waals surface area contributed by atoms with Gasteiger partial charge in [0.05, 0.1) is 17.7 Å². The third kappa shape index (κ3) is 3.34. The van der Waals surface area contributed by atoms with Crippen LogP contribution in [0.1, 0.15) is 43.7 Å². The van der Waals surface area contributed by atoms with E-state index in [0.717, 1.165) is 37.1 Å². The second-order valence-electron chi connectivity index (χ2n) is 5.28. The maximum absolute atomic E-state index is 10.2. The van der Waals surface area contributed by atoms with Crippen LogP contribution < -0.4 is 0 Å². The Balaban J connectivity index is 2.13. The average Bonchev–Trinajstić information content (AvgIpc) is 2.47. The van der Waals surface area contributed by atoms with Crippen molar-refractivity contribution >= 4 is 0 Å². The standard InChI is InChI=1S/C16H22N2O/c1-2-16(19)15-9-5-6-10-18(15)12-14-8-4-3-7-13(14)11-17/h3-4,7-8,15-16,19H,2,5-6,9-10,12H2,1H3. The predicted octanol–water partition coefficient (Wildman–Crippen LogP) is 2.68. The van der Waals surface area contributed by atoms with Gasteiger partial charge in [-0.05, 0) is 37.4 Å². The minimum Gasteiger partial charge on any atom is -0.392 e. The maximum atomic E-state index is 10.2. The lowest BCUT2D eigenvalue weighted by Crippen LogP contribution is -2.46. The van der Waals surface area contributed by atoms with Crippen LogP contribution in [0.3, 0.4) is 0 Å². The molecule has 1 heterocycles. The van der Waals surface area contributed by atoms with Gasteiger partial charge in [0, 0.05) is 12.6 Å². The fraction of sp³-hybridized carbons (Fsp3) is 0.562. The molecule has 0 saturated carbocycles. The first-order valence-corrected chi connectivity index (χ1v) is 7.16. The van der Waals surface area contributed by atoms with E-state index in [9.17, 15) is 5.11 Å². The molecule has 1 N–H and O–H groups in total. The number of rotatable bonds is 4. The van der Waals surface area contributed by atoms with Gasteiger partial charge in [0.2, 0.25) is 0 Å². The van der Waals surface area contributed by atoms with Gasteiger partial charge in [0.1, 0.15) is 0 Å². The number of benzene rings is 1. The first-order chi connectivity index (χ1) is 9.26. The van der Waals surface area contributed by atoms with Crippen molar-refractivity contribution in [1.82, 2.24) is 4.90 Å². The molecule has 0 radical (unpaired) electrons. The normalized spacial score (nSPS) is 21.8. The van der Waals surface area contributed by atoms with Crippen LogP contribution in [0.25, 0.3) is 0 Å². The van der Waals surface area contributed by atoms with Crippen LogP contribution in [-0.2, 0) is 6.54 Å². The van der Waals surface area contributed by atoms with E-state index in [2.05, 4.69) is 11.0 Å². The number of piperidine rings is 1. The molecule has 0 spiro atoms. The Morgan fingerprint density at radius 3 is 2.95 bits per heavy atom. The van der Waals surface area contributed by atoms with Gasteiger partial charge in [-0.15, -0.1) is 0 Å². The van der Waals surface area contributed by atoms with Gasteiger partial charge in [0.15, 0.2) is 0 Å². The lowest BCUT2D eigenvalue weighted by atomic mass is 9.95. The largest absolute Gasteiger partial charge is 0.392 e. The molecule has 0 aromatic heterocycles. The smallest absolute Gasteiger partial charge is 0.0995 e. The molecule has 0 bridgehead atoms. The van der Waals surface area contributed by atoms with Crippen LogP contribution in [0.5, 0.6) is 0 Å². The third-order valence-electron chi connectivity index (χ3n) is 4.04. The summed E-state index contributed by atoms with van der Waals surface area (Å²) < 4.78 is 0. The molecule has 1 aliphatic heterocycles. The summed E-state index contributed by atoms with van der Waals surface area (Å²) in [4.78, 5) is 2.34. The summed E-state index contributed by atoms with van der Waals surface area (Å²) in [7, 11) is 0. The first kappa shape index (κ1) is 14.0. The molecule has 2 unspecified atom stereocenters. The molecule has 0 amide bonds. The minimum atomic E-state index is -0.255. The lowest BCUT2D eigenvalue weighted by molar-refractivity contribution is 0.0195. The summed E-state index contributed by atoms with van der Waals surface area (Å²) in [5.74, 6) is 0. The number of nitrogens with zero attached hydrogens (tertiary/aromatic N) is 2. The van der Waals surface area contributed by atoms with Gasteiger partial charge >= 0.3 is 0 Å². The van der Waals surface area contributed by atoms with Crippen LogP contribution >= 0.6 is 0 Å². The SMILES string of the molecule is CCC(O)C1CCCCN1Cc1ccccc1C#N. The number of nitriles is 1. The topological polar surface area (TPSA) is 47.3 Å². The summed E-state index contributed by atoms with van der Waals surface area (Å²) >= 11 is 0. The van der Waals surface area contributed by atoms with Gasteiger partial charge in [0.25, 0.3) is 0 Å². The highest BCUT2D eigenvalue weighted by molar-refractivity contribution is 5.37. The van der Waals surface area contributed by atoms with Crippen LogP contribution in [-0.4, -0.2) is 28.7 Å². The van der Waals surface area contributed by atoms with Crippen LogP contribution in [0, 0.1) is 11.3 Å². The highest BCUT2D eigenvalue weighted by atomic mass is 16.3. The van der Waals surface area contributed by atoms with E-state index < -0.39 is 0 Å². The zero-order valence-electron chi connectivity index (χ0n) is 11.5. The van der Waals surface area contributed by atoms with Gasteiger partial charge in [-0.3, -0.25) is 4.90 Å². The number of hydrogen-bond acceptors (Lipinski definition) is 3. The zero-order valence-corrected chi connectivity index (χ0v) is 11.5. The second kappa shape index (κ2) is 6.70. The van der Waals surface area contributed by atoms with Crippen molar-refractivity contribution in [1.29, 1.82) is 5.26 Å². The van der Waals surface area contributed by atoms with Crippen LogP contribution in [0.4, 0.5) is 0 Å². The fourth-order valence-corrected chi connectivity index (χ4v) is 2.91. The Hall–Kier alpha value is -1.37. The Morgan fingerprint density at radius 2 is 2.21 bits per heavy atom. The monoisotopic (exact) mass is 258 g/mol. The van der Waals surface area contributed by atoms with E-state index in [1.54, 1.807) is 0 Å². The number of aliphatic hydroxyl groups is 1. The molecule has 19 heavy (non-hydrogen) atoms. The van der Waals surface area contributed by atoms with Crippen molar-refractivity contribution in [2.24, 2.45) is 0 Å². The van der Waals surface area contributed by atoms with Crippen molar-refractivity contribution in [3.05, 3.63) is 35.4 Å². The average molecular weight is 258 g/mol. The minimum absolute atomic E-state index is 0.241.